The first-order valence-corrected chi connectivity index (χ1v) is 7.14. The van der Waals surface area contributed by atoms with Crippen LogP contribution in [-0.4, -0.2) is 33.8 Å². The van der Waals surface area contributed by atoms with Crippen molar-refractivity contribution < 1.29 is 0 Å². The zero-order valence-electron chi connectivity index (χ0n) is 11.7. The zero-order valence-corrected chi connectivity index (χ0v) is 11.7. The maximum atomic E-state index is 5.66. The van der Waals surface area contributed by atoms with Crippen LogP contribution in [-0.2, 0) is 13.6 Å². The first-order valence-electron chi connectivity index (χ1n) is 7.14. The molecule has 0 saturated heterocycles. The van der Waals surface area contributed by atoms with Crippen LogP contribution in [0.3, 0.4) is 0 Å². The fraction of sp³-hybridized carbons (Fsp3) is 0.786. The molecule has 1 heterocycles. The van der Waals surface area contributed by atoms with Gasteiger partial charge < -0.3 is 5.73 Å². The SMILES string of the molecule is Cc1cc(CN(CCCN)C2CCCC2)n(C)n1. The van der Waals surface area contributed by atoms with Crippen molar-refractivity contribution in [1.29, 1.82) is 0 Å². The van der Waals surface area contributed by atoms with Gasteiger partial charge in [-0.25, -0.2) is 0 Å². The molecule has 1 fully saturated rings. The smallest absolute Gasteiger partial charge is 0.0597 e. The van der Waals surface area contributed by atoms with Crippen LogP contribution < -0.4 is 5.73 Å². The Kier molecular flexibility index (Phi) is 4.78. The molecule has 0 atom stereocenters. The van der Waals surface area contributed by atoms with Gasteiger partial charge in [-0.05, 0) is 38.8 Å². The summed E-state index contributed by atoms with van der Waals surface area (Å²) in [5.41, 5.74) is 8.08. The summed E-state index contributed by atoms with van der Waals surface area (Å²) in [6, 6.07) is 2.96. The number of nitrogens with two attached hydrogens (primary N) is 1. The molecule has 0 aromatic carbocycles. The van der Waals surface area contributed by atoms with Crippen LogP contribution in [0.1, 0.15) is 43.5 Å². The molecule has 0 spiro atoms. The molecule has 1 saturated carbocycles. The summed E-state index contributed by atoms with van der Waals surface area (Å²) in [5, 5.41) is 4.44. The molecule has 0 amide bonds. The van der Waals surface area contributed by atoms with Gasteiger partial charge in [0.2, 0.25) is 0 Å². The quantitative estimate of drug-likeness (QED) is 0.838. The van der Waals surface area contributed by atoms with Crippen molar-refractivity contribution in [2.45, 2.75) is 51.6 Å². The third-order valence-electron chi connectivity index (χ3n) is 3.95. The van der Waals surface area contributed by atoms with Crippen molar-refractivity contribution in [2.75, 3.05) is 13.1 Å². The van der Waals surface area contributed by atoms with Gasteiger partial charge in [-0.15, -0.1) is 0 Å². The molecular weight excluding hydrogens is 224 g/mol. The minimum absolute atomic E-state index is 0.756. The minimum atomic E-state index is 0.756. The van der Waals surface area contributed by atoms with Crippen molar-refractivity contribution in [3.63, 3.8) is 0 Å². The Balaban J connectivity index is 2.01. The maximum Gasteiger partial charge on any atom is 0.0597 e. The van der Waals surface area contributed by atoms with Crippen LogP contribution in [0.5, 0.6) is 0 Å². The molecule has 1 aromatic heterocycles. The predicted octanol–water partition coefficient (Wildman–Crippen LogP) is 1.82. The zero-order chi connectivity index (χ0) is 13.0. The highest BCUT2D eigenvalue weighted by Gasteiger charge is 2.23. The number of rotatable bonds is 6. The predicted molar refractivity (Wildman–Crippen MR) is 74.3 cm³/mol. The fourth-order valence-electron chi connectivity index (χ4n) is 2.97. The molecule has 18 heavy (non-hydrogen) atoms. The highest BCUT2D eigenvalue weighted by Crippen LogP contribution is 2.25. The topological polar surface area (TPSA) is 47.1 Å². The molecule has 0 bridgehead atoms. The standard InChI is InChI=1S/C14H26N4/c1-12-10-14(17(2)16-12)11-18(9-5-8-15)13-6-3-4-7-13/h10,13H,3-9,11,15H2,1-2H3. The van der Waals surface area contributed by atoms with Gasteiger partial charge in [0.15, 0.2) is 0 Å². The second-order valence-electron chi connectivity index (χ2n) is 5.45. The summed E-state index contributed by atoms with van der Waals surface area (Å²) in [4.78, 5) is 2.61. The number of aromatic nitrogens is 2. The summed E-state index contributed by atoms with van der Waals surface area (Å²) in [5.74, 6) is 0. The van der Waals surface area contributed by atoms with Crippen molar-refractivity contribution in [3.8, 4) is 0 Å². The Morgan fingerprint density at radius 3 is 2.72 bits per heavy atom. The van der Waals surface area contributed by atoms with Crippen LogP contribution >= 0.6 is 0 Å². The van der Waals surface area contributed by atoms with E-state index in [0.717, 1.165) is 37.8 Å². The first-order chi connectivity index (χ1) is 8.70. The van der Waals surface area contributed by atoms with E-state index >= 15 is 0 Å². The molecule has 0 radical (unpaired) electrons. The lowest BCUT2D eigenvalue weighted by atomic mass is 10.2. The summed E-state index contributed by atoms with van der Waals surface area (Å²) in [6.07, 6.45) is 6.55. The largest absolute Gasteiger partial charge is 0.330 e. The first kappa shape index (κ1) is 13.6. The van der Waals surface area contributed by atoms with Gasteiger partial charge >= 0.3 is 0 Å². The average Bonchev–Trinajstić information content (AvgIpc) is 2.95. The lowest BCUT2D eigenvalue weighted by Gasteiger charge is -2.28. The average molecular weight is 250 g/mol. The van der Waals surface area contributed by atoms with E-state index in [4.69, 9.17) is 5.73 Å². The minimum Gasteiger partial charge on any atom is -0.330 e. The van der Waals surface area contributed by atoms with Gasteiger partial charge in [-0.1, -0.05) is 12.8 Å². The number of nitrogens with zero attached hydrogens (tertiary/aromatic N) is 3. The van der Waals surface area contributed by atoms with Crippen LogP contribution in [0.4, 0.5) is 0 Å². The highest BCUT2D eigenvalue weighted by molar-refractivity contribution is 5.08. The summed E-state index contributed by atoms with van der Waals surface area (Å²) in [7, 11) is 2.04. The Hall–Kier alpha value is -0.870. The molecule has 1 aliphatic carbocycles. The van der Waals surface area contributed by atoms with Gasteiger partial charge in [0.25, 0.3) is 0 Å². The Morgan fingerprint density at radius 2 is 2.17 bits per heavy atom. The molecule has 1 aromatic rings. The second-order valence-corrected chi connectivity index (χ2v) is 5.45. The van der Waals surface area contributed by atoms with Crippen LogP contribution in [0.15, 0.2) is 6.07 Å². The van der Waals surface area contributed by atoms with E-state index in [0.29, 0.717) is 0 Å². The van der Waals surface area contributed by atoms with Crippen molar-refractivity contribution in [3.05, 3.63) is 17.5 Å². The number of hydrogen-bond acceptors (Lipinski definition) is 3. The molecule has 1 aliphatic rings. The van der Waals surface area contributed by atoms with Gasteiger partial charge in [0.05, 0.1) is 11.4 Å². The van der Waals surface area contributed by atoms with Crippen LogP contribution in [0.25, 0.3) is 0 Å². The molecular formula is C14H26N4. The number of aryl methyl sites for hydroxylation is 2. The van der Waals surface area contributed by atoms with Gasteiger partial charge in [-0.3, -0.25) is 9.58 Å². The van der Waals surface area contributed by atoms with Gasteiger partial charge in [0.1, 0.15) is 0 Å². The molecule has 2 rings (SSSR count). The highest BCUT2D eigenvalue weighted by atomic mass is 15.3. The van der Waals surface area contributed by atoms with Crippen LogP contribution in [0, 0.1) is 6.92 Å². The van der Waals surface area contributed by atoms with E-state index in [1.54, 1.807) is 0 Å². The Morgan fingerprint density at radius 1 is 1.44 bits per heavy atom. The van der Waals surface area contributed by atoms with Gasteiger partial charge in [-0.2, -0.15) is 5.10 Å². The van der Waals surface area contributed by atoms with Crippen molar-refractivity contribution in [1.82, 2.24) is 14.7 Å². The number of hydrogen-bond donors (Lipinski definition) is 1. The lowest BCUT2D eigenvalue weighted by molar-refractivity contribution is 0.184. The normalized spacial score (nSPS) is 16.9. The third kappa shape index (κ3) is 3.33. The van der Waals surface area contributed by atoms with E-state index in [1.165, 1.54) is 31.4 Å². The molecule has 2 N–H and O–H groups in total. The monoisotopic (exact) mass is 250 g/mol. The summed E-state index contributed by atoms with van der Waals surface area (Å²) >= 11 is 0. The molecule has 4 heteroatoms. The van der Waals surface area contributed by atoms with Crippen molar-refractivity contribution in [2.24, 2.45) is 12.8 Å². The maximum absolute atomic E-state index is 5.66. The summed E-state index contributed by atoms with van der Waals surface area (Å²) < 4.78 is 2.01. The molecule has 102 valence electrons. The Labute approximate surface area is 110 Å². The third-order valence-corrected chi connectivity index (χ3v) is 3.95. The van der Waals surface area contributed by atoms with E-state index in [-0.39, 0.29) is 0 Å². The van der Waals surface area contributed by atoms with Crippen molar-refractivity contribution >= 4 is 0 Å². The van der Waals surface area contributed by atoms with E-state index < -0.39 is 0 Å². The van der Waals surface area contributed by atoms with Gasteiger partial charge in [0, 0.05) is 26.2 Å². The second kappa shape index (κ2) is 6.34. The lowest BCUT2D eigenvalue weighted by Crippen LogP contribution is -2.35. The molecule has 0 unspecified atom stereocenters. The van der Waals surface area contributed by atoms with E-state index in [9.17, 15) is 0 Å². The van der Waals surface area contributed by atoms with E-state index in [2.05, 4.69) is 23.0 Å². The fourth-order valence-corrected chi connectivity index (χ4v) is 2.97. The van der Waals surface area contributed by atoms with Crippen LogP contribution in [0.2, 0.25) is 0 Å². The van der Waals surface area contributed by atoms with E-state index in [1.807, 2.05) is 11.7 Å². The molecule has 0 aliphatic heterocycles. The Bertz CT molecular complexity index is 366. The summed E-state index contributed by atoms with van der Waals surface area (Å²) in [6.45, 7) is 4.98. The molecule has 4 nitrogen and oxygen atoms in total.